The Balaban J connectivity index is 2.75. The Hall–Kier alpha value is -0.280. The number of rotatable bonds is 1. The molecule has 0 aromatic rings. The fourth-order valence-corrected chi connectivity index (χ4v) is 1.19. The molecule has 0 heterocycles. The summed E-state index contributed by atoms with van der Waals surface area (Å²) in [6, 6.07) is 0. The van der Waals surface area contributed by atoms with Gasteiger partial charge in [0.05, 0.1) is 5.57 Å². The van der Waals surface area contributed by atoms with Crippen molar-refractivity contribution in [2.45, 2.75) is 10.2 Å². The largest absolute Gasteiger partial charge is 0.478 e. The molecule has 0 fully saturated rings. The minimum atomic E-state index is -0.916. The molecule has 60 valence electrons. The number of hydrogen-bond donors (Lipinski definition) is 1. The van der Waals surface area contributed by atoms with Crippen LogP contribution in [-0.4, -0.2) is 14.9 Å². The van der Waals surface area contributed by atoms with Gasteiger partial charge in [-0.2, -0.15) is 0 Å². The van der Waals surface area contributed by atoms with Crippen LogP contribution in [0.2, 0.25) is 0 Å². The lowest BCUT2D eigenvalue weighted by Gasteiger charge is -2.16. The van der Waals surface area contributed by atoms with E-state index in [9.17, 15) is 4.79 Å². The van der Waals surface area contributed by atoms with E-state index in [1.165, 1.54) is 6.08 Å². The number of halogens is 2. The molecule has 2 nitrogen and oxygen atoms in total. The molecule has 0 aromatic heterocycles. The van der Waals surface area contributed by atoms with Gasteiger partial charge in [-0.15, -0.1) is 11.6 Å². The first-order valence-corrected chi connectivity index (χ1v) is 4.19. The number of hydrogen-bond acceptors (Lipinski definition) is 1. The second kappa shape index (κ2) is 2.99. The van der Waals surface area contributed by atoms with Crippen LogP contribution in [0.5, 0.6) is 0 Å². The maximum Gasteiger partial charge on any atom is 0.335 e. The molecule has 1 rings (SSSR count). The number of carbonyl (C=O) groups is 1. The standard InChI is InChI=1S/C7H6BrClO2/c8-7(9)3-1-5(2-4-7)6(10)11/h1-3H,4H2,(H,10,11). The molecule has 0 aromatic carbocycles. The van der Waals surface area contributed by atoms with E-state index in [2.05, 4.69) is 15.9 Å². The molecule has 0 bridgehead atoms. The molecule has 0 aliphatic heterocycles. The monoisotopic (exact) mass is 236 g/mol. The average molecular weight is 237 g/mol. The van der Waals surface area contributed by atoms with Gasteiger partial charge in [-0.05, 0) is 12.5 Å². The minimum absolute atomic E-state index is 0.292. The van der Waals surface area contributed by atoms with Crippen molar-refractivity contribution in [3.63, 3.8) is 0 Å². The second-order valence-corrected chi connectivity index (χ2v) is 4.81. The van der Waals surface area contributed by atoms with Gasteiger partial charge in [0.2, 0.25) is 0 Å². The predicted octanol–water partition coefficient (Wildman–Crippen LogP) is 2.29. The lowest BCUT2D eigenvalue weighted by molar-refractivity contribution is -0.132. The maximum atomic E-state index is 10.4. The van der Waals surface area contributed by atoms with Crippen LogP contribution in [0.1, 0.15) is 6.42 Å². The van der Waals surface area contributed by atoms with Crippen molar-refractivity contribution in [2.75, 3.05) is 0 Å². The predicted molar refractivity (Wildman–Crippen MR) is 47.0 cm³/mol. The molecule has 4 heteroatoms. The Morgan fingerprint density at radius 3 is 2.82 bits per heavy atom. The minimum Gasteiger partial charge on any atom is -0.478 e. The molecule has 0 saturated carbocycles. The van der Waals surface area contributed by atoms with E-state index in [0.717, 1.165) is 0 Å². The quantitative estimate of drug-likeness (QED) is 0.711. The molecule has 1 N–H and O–H groups in total. The van der Waals surface area contributed by atoms with Gasteiger partial charge >= 0.3 is 5.97 Å². The number of aliphatic carboxylic acids is 1. The van der Waals surface area contributed by atoms with Crippen LogP contribution in [0.4, 0.5) is 0 Å². The molecule has 1 aliphatic rings. The summed E-state index contributed by atoms with van der Waals surface area (Å²) in [6.45, 7) is 0. The van der Waals surface area contributed by atoms with Crippen LogP contribution in [0, 0.1) is 0 Å². The van der Waals surface area contributed by atoms with Crippen LogP contribution in [0.25, 0.3) is 0 Å². The Morgan fingerprint density at radius 1 is 1.82 bits per heavy atom. The molecule has 11 heavy (non-hydrogen) atoms. The normalized spacial score (nSPS) is 29.8. The van der Waals surface area contributed by atoms with Crippen molar-refractivity contribution in [3.8, 4) is 0 Å². The second-order valence-electron chi connectivity index (χ2n) is 2.26. The summed E-state index contributed by atoms with van der Waals surface area (Å²) in [7, 11) is 0. The molecule has 1 atom stereocenters. The first-order valence-electron chi connectivity index (χ1n) is 3.02. The van der Waals surface area contributed by atoms with Gasteiger partial charge in [-0.3, -0.25) is 0 Å². The lowest BCUT2D eigenvalue weighted by Crippen LogP contribution is -2.12. The first kappa shape index (κ1) is 8.81. The van der Waals surface area contributed by atoms with Gasteiger partial charge in [0.15, 0.2) is 0 Å². The van der Waals surface area contributed by atoms with Crippen molar-refractivity contribution < 1.29 is 9.90 Å². The molecule has 1 unspecified atom stereocenters. The van der Waals surface area contributed by atoms with Gasteiger partial charge in [0, 0.05) is 0 Å². The highest BCUT2D eigenvalue weighted by molar-refractivity contribution is 9.10. The Labute approximate surface area is 77.7 Å². The van der Waals surface area contributed by atoms with Crippen LogP contribution >= 0.6 is 27.5 Å². The smallest absolute Gasteiger partial charge is 0.335 e. The highest BCUT2D eigenvalue weighted by Crippen LogP contribution is 2.33. The van der Waals surface area contributed by atoms with Gasteiger partial charge in [0.1, 0.15) is 3.78 Å². The fraction of sp³-hybridized carbons (Fsp3) is 0.286. The zero-order chi connectivity index (χ0) is 8.48. The number of carboxylic acid groups (broad SMARTS) is 1. The third kappa shape index (κ3) is 2.34. The SMILES string of the molecule is O=C(O)C1=CCC(Cl)(Br)C=C1. The van der Waals surface area contributed by atoms with E-state index >= 15 is 0 Å². The highest BCUT2D eigenvalue weighted by Gasteiger charge is 2.22. The first-order chi connectivity index (χ1) is 5.01. The summed E-state index contributed by atoms with van der Waals surface area (Å²) in [5, 5.41) is 8.53. The van der Waals surface area contributed by atoms with Crippen molar-refractivity contribution in [3.05, 3.63) is 23.8 Å². The summed E-state index contributed by atoms with van der Waals surface area (Å²) in [5.41, 5.74) is 0.292. The fourth-order valence-electron chi connectivity index (χ4n) is 0.752. The molecular weight excluding hydrogens is 231 g/mol. The average Bonchev–Trinajstić information content (AvgIpc) is 1.86. The van der Waals surface area contributed by atoms with E-state index in [-0.39, 0.29) is 0 Å². The van der Waals surface area contributed by atoms with Crippen LogP contribution in [0.3, 0.4) is 0 Å². The third-order valence-corrected chi connectivity index (χ3v) is 2.22. The zero-order valence-electron chi connectivity index (χ0n) is 5.55. The summed E-state index contributed by atoms with van der Waals surface area (Å²) in [6.07, 6.45) is 5.20. The Bertz CT molecular complexity index is 243. The van der Waals surface area contributed by atoms with Crippen molar-refractivity contribution >= 4 is 33.5 Å². The molecule has 1 aliphatic carbocycles. The number of allylic oxidation sites excluding steroid dienone is 2. The van der Waals surface area contributed by atoms with Gasteiger partial charge in [-0.25, -0.2) is 4.79 Å². The summed E-state index contributed by atoms with van der Waals surface area (Å²) in [5.74, 6) is -0.916. The van der Waals surface area contributed by atoms with Gasteiger partial charge in [-0.1, -0.05) is 28.1 Å². The number of alkyl halides is 2. The van der Waals surface area contributed by atoms with E-state index in [4.69, 9.17) is 16.7 Å². The van der Waals surface area contributed by atoms with Crippen molar-refractivity contribution in [1.29, 1.82) is 0 Å². The van der Waals surface area contributed by atoms with E-state index < -0.39 is 9.75 Å². The van der Waals surface area contributed by atoms with Crippen LogP contribution in [-0.2, 0) is 4.79 Å². The summed E-state index contributed by atoms with van der Waals surface area (Å²) >= 11 is 9.04. The molecule has 0 spiro atoms. The molecular formula is C7H6BrClO2. The Morgan fingerprint density at radius 2 is 2.45 bits per heavy atom. The maximum absolute atomic E-state index is 10.4. The molecule has 0 amide bonds. The van der Waals surface area contributed by atoms with Crippen molar-refractivity contribution in [2.24, 2.45) is 0 Å². The van der Waals surface area contributed by atoms with E-state index in [1.807, 2.05) is 0 Å². The van der Waals surface area contributed by atoms with Crippen LogP contribution < -0.4 is 0 Å². The summed E-state index contributed by atoms with van der Waals surface area (Å²) < 4.78 is -0.591. The molecule has 0 saturated heterocycles. The van der Waals surface area contributed by atoms with Crippen LogP contribution in [0.15, 0.2) is 23.8 Å². The molecule has 0 radical (unpaired) electrons. The summed E-state index contributed by atoms with van der Waals surface area (Å²) in [4.78, 5) is 10.4. The highest BCUT2D eigenvalue weighted by atomic mass is 79.9. The van der Waals surface area contributed by atoms with Crippen molar-refractivity contribution in [1.82, 2.24) is 0 Å². The van der Waals surface area contributed by atoms with E-state index in [1.54, 1.807) is 12.2 Å². The van der Waals surface area contributed by atoms with Gasteiger partial charge in [0.25, 0.3) is 0 Å². The zero-order valence-corrected chi connectivity index (χ0v) is 7.89. The topological polar surface area (TPSA) is 37.3 Å². The van der Waals surface area contributed by atoms with E-state index in [0.29, 0.717) is 12.0 Å². The third-order valence-electron chi connectivity index (χ3n) is 1.35. The Kier molecular flexibility index (Phi) is 2.40. The number of carboxylic acids is 1. The lowest BCUT2D eigenvalue weighted by atomic mass is 10.1. The van der Waals surface area contributed by atoms with Gasteiger partial charge < -0.3 is 5.11 Å².